The number of esters is 3. The Morgan fingerprint density at radius 1 is 0.514 bits per heavy atom. The zero-order valence-electron chi connectivity index (χ0n) is 19.3. The summed E-state index contributed by atoms with van der Waals surface area (Å²) in [6.45, 7) is 0. The Hall–Kier alpha value is -4.56. The van der Waals surface area contributed by atoms with E-state index in [1.165, 1.54) is 36.4 Å². The van der Waals surface area contributed by atoms with Gasteiger partial charge in [0.1, 0.15) is 0 Å². The van der Waals surface area contributed by atoms with E-state index in [-0.39, 0.29) is 44.8 Å². The van der Waals surface area contributed by atoms with Crippen LogP contribution in [0.25, 0.3) is 0 Å². The van der Waals surface area contributed by atoms with Crippen LogP contribution in [0.3, 0.4) is 0 Å². The van der Waals surface area contributed by atoms with Crippen LogP contribution >= 0.6 is 15.9 Å². The zero-order chi connectivity index (χ0) is 26.2. The van der Waals surface area contributed by atoms with Crippen LogP contribution in [0, 0.1) is 0 Å². The van der Waals surface area contributed by atoms with Crippen molar-refractivity contribution in [1.29, 1.82) is 0 Å². The molecule has 4 aromatic rings. The van der Waals surface area contributed by atoms with Gasteiger partial charge in [0, 0.05) is 0 Å². The molecule has 0 N–H and O–H groups in total. The van der Waals surface area contributed by atoms with Crippen molar-refractivity contribution in [3.8, 4) is 17.2 Å². The maximum atomic E-state index is 13.0. The van der Waals surface area contributed by atoms with Crippen molar-refractivity contribution in [3.63, 3.8) is 0 Å². The van der Waals surface area contributed by atoms with Crippen LogP contribution < -0.4 is 14.2 Å². The first-order valence-corrected chi connectivity index (χ1v) is 12.2. The summed E-state index contributed by atoms with van der Waals surface area (Å²) >= 11 is 3.12. The van der Waals surface area contributed by atoms with E-state index >= 15 is 0 Å². The quantitative estimate of drug-likeness (QED) is 0.114. The number of Topliss-reactive ketones (excluding diaryl/α,β-unsaturated/α-hetero) is 1. The summed E-state index contributed by atoms with van der Waals surface area (Å²) < 4.78 is 16.7. The highest BCUT2D eigenvalue weighted by Gasteiger charge is 2.28. The highest BCUT2D eigenvalue weighted by molar-refractivity contribution is 9.09. The van der Waals surface area contributed by atoms with E-state index in [0.29, 0.717) is 0 Å². The number of carbonyl (C=O) groups excluding carboxylic acids is 4. The third-order valence-electron chi connectivity index (χ3n) is 5.12. The van der Waals surface area contributed by atoms with E-state index in [4.69, 9.17) is 14.2 Å². The normalized spacial score (nSPS) is 10.3. The average Bonchev–Trinajstić information content (AvgIpc) is 2.95. The molecule has 0 fully saturated rings. The monoisotopic (exact) mass is 558 g/mol. The second kappa shape index (κ2) is 11.9. The van der Waals surface area contributed by atoms with Gasteiger partial charge >= 0.3 is 17.9 Å². The smallest absolute Gasteiger partial charge is 0.343 e. The Kier molecular flexibility index (Phi) is 8.22. The number of ether oxygens (including phenoxy) is 3. The first-order chi connectivity index (χ1) is 18.0. The molecule has 0 amide bonds. The fourth-order valence-corrected chi connectivity index (χ4v) is 3.60. The molecule has 0 bridgehead atoms. The highest BCUT2D eigenvalue weighted by Crippen LogP contribution is 2.42. The first kappa shape index (κ1) is 25.5. The SMILES string of the molecule is O=C(Oc1ccc(C(=O)CBr)c(OC(=O)c2ccccc2)c1OC(=O)c1ccccc1)c1ccccc1. The second-order valence-corrected chi connectivity index (χ2v) is 8.15. The van der Waals surface area contributed by atoms with Crippen molar-refractivity contribution in [2.45, 2.75) is 0 Å². The summed E-state index contributed by atoms with van der Waals surface area (Å²) in [6.07, 6.45) is 0. The summed E-state index contributed by atoms with van der Waals surface area (Å²) in [7, 11) is 0. The van der Waals surface area contributed by atoms with Crippen LogP contribution in [0.4, 0.5) is 0 Å². The van der Waals surface area contributed by atoms with Gasteiger partial charge < -0.3 is 14.2 Å². The standard InChI is InChI=1S/C29H19BrO7/c30-18-23(31)22-16-17-24(35-27(32)19-10-4-1-5-11-19)26(37-29(34)21-14-8-3-9-15-21)25(22)36-28(33)20-12-6-2-7-13-20/h1-17H,18H2. The number of rotatable bonds is 8. The van der Waals surface area contributed by atoms with Gasteiger partial charge in [0.2, 0.25) is 5.75 Å². The molecule has 184 valence electrons. The van der Waals surface area contributed by atoms with Crippen LogP contribution in [0.2, 0.25) is 0 Å². The molecule has 8 heteroatoms. The van der Waals surface area contributed by atoms with Crippen LogP contribution in [0.15, 0.2) is 103 Å². The third kappa shape index (κ3) is 6.17. The van der Waals surface area contributed by atoms with Gasteiger partial charge in [-0.15, -0.1) is 0 Å². The van der Waals surface area contributed by atoms with Gasteiger partial charge in [-0.25, -0.2) is 14.4 Å². The molecule has 0 saturated carbocycles. The Labute approximate surface area is 220 Å². The molecule has 0 radical (unpaired) electrons. The molecule has 0 atom stereocenters. The average molecular weight is 559 g/mol. The lowest BCUT2D eigenvalue weighted by Gasteiger charge is -2.17. The molecular weight excluding hydrogens is 540 g/mol. The minimum atomic E-state index is -0.807. The molecule has 4 aromatic carbocycles. The van der Waals surface area contributed by atoms with Gasteiger partial charge in [-0.1, -0.05) is 70.5 Å². The molecule has 0 heterocycles. The molecular formula is C29H19BrO7. The van der Waals surface area contributed by atoms with Crippen molar-refractivity contribution in [3.05, 3.63) is 125 Å². The molecule has 0 saturated heterocycles. The predicted octanol–water partition coefficient (Wildman–Crippen LogP) is 5.92. The van der Waals surface area contributed by atoms with E-state index in [0.717, 1.165) is 0 Å². The number of ketones is 1. The summed E-state index contributed by atoms with van der Waals surface area (Å²) in [5, 5.41) is -0.0991. The number of hydrogen-bond donors (Lipinski definition) is 0. The first-order valence-electron chi connectivity index (χ1n) is 11.1. The minimum absolute atomic E-state index is 0.0449. The van der Waals surface area contributed by atoms with Crippen molar-refractivity contribution in [2.24, 2.45) is 0 Å². The molecule has 0 aliphatic heterocycles. The number of carbonyl (C=O) groups is 4. The molecule has 7 nitrogen and oxygen atoms in total. The fraction of sp³-hybridized carbons (Fsp3) is 0.0345. The van der Waals surface area contributed by atoms with E-state index in [9.17, 15) is 19.2 Å². The molecule has 37 heavy (non-hydrogen) atoms. The molecule has 0 aliphatic rings. The van der Waals surface area contributed by atoms with Crippen molar-refractivity contribution in [1.82, 2.24) is 0 Å². The maximum Gasteiger partial charge on any atom is 0.343 e. The van der Waals surface area contributed by atoms with Gasteiger partial charge in [-0.3, -0.25) is 4.79 Å². The molecule has 0 aromatic heterocycles. The van der Waals surface area contributed by atoms with Crippen LogP contribution in [-0.2, 0) is 0 Å². The van der Waals surface area contributed by atoms with Crippen molar-refractivity contribution >= 4 is 39.6 Å². The fourth-order valence-electron chi connectivity index (χ4n) is 3.30. The van der Waals surface area contributed by atoms with E-state index < -0.39 is 23.7 Å². The maximum absolute atomic E-state index is 13.0. The van der Waals surface area contributed by atoms with Gasteiger partial charge in [0.25, 0.3) is 0 Å². The van der Waals surface area contributed by atoms with Crippen molar-refractivity contribution < 1.29 is 33.4 Å². The molecule has 0 aliphatic carbocycles. The molecule has 4 rings (SSSR count). The molecule has 0 spiro atoms. The Balaban J connectivity index is 1.82. The van der Waals surface area contributed by atoms with Crippen molar-refractivity contribution in [2.75, 3.05) is 5.33 Å². The van der Waals surface area contributed by atoms with E-state index in [2.05, 4.69) is 15.9 Å². The van der Waals surface area contributed by atoms with E-state index in [1.807, 2.05) is 0 Å². The summed E-state index contributed by atoms with van der Waals surface area (Å²) in [5.74, 6) is -3.73. The number of halogens is 1. The van der Waals surface area contributed by atoms with Gasteiger partial charge in [-0.2, -0.15) is 0 Å². The lowest BCUT2D eigenvalue weighted by atomic mass is 10.1. The number of hydrogen-bond acceptors (Lipinski definition) is 7. The zero-order valence-corrected chi connectivity index (χ0v) is 20.8. The van der Waals surface area contributed by atoms with E-state index in [1.54, 1.807) is 66.7 Å². The Morgan fingerprint density at radius 3 is 1.35 bits per heavy atom. The summed E-state index contributed by atoms with van der Waals surface area (Å²) in [5.41, 5.74) is 0.593. The van der Waals surface area contributed by atoms with Crippen LogP contribution in [-0.4, -0.2) is 29.0 Å². The summed E-state index contributed by atoms with van der Waals surface area (Å²) in [6, 6.07) is 27.0. The Morgan fingerprint density at radius 2 is 0.919 bits per heavy atom. The topological polar surface area (TPSA) is 96.0 Å². The lowest BCUT2D eigenvalue weighted by molar-refractivity contribution is 0.0655. The van der Waals surface area contributed by atoms with Gasteiger partial charge in [-0.05, 0) is 48.5 Å². The third-order valence-corrected chi connectivity index (χ3v) is 5.63. The largest absolute Gasteiger partial charge is 0.419 e. The number of alkyl halides is 1. The minimum Gasteiger partial charge on any atom is -0.419 e. The summed E-state index contributed by atoms with van der Waals surface area (Å²) in [4.78, 5) is 51.5. The van der Waals surface area contributed by atoms with Crippen LogP contribution in [0.1, 0.15) is 41.4 Å². The van der Waals surface area contributed by atoms with Gasteiger partial charge in [0.15, 0.2) is 17.3 Å². The highest BCUT2D eigenvalue weighted by atomic mass is 79.9. The van der Waals surface area contributed by atoms with Gasteiger partial charge in [0.05, 0.1) is 27.6 Å². The second-order valence-electron chi connectivity index (χ2n) is 7.59. The predicted molar refractivity (Wildman–Crippen MR) is 139 cm³/mol. The Bertz CT molecular complexity index is 1440. The molecule has 0 unspecified atom stereocenters. The van der Waals surface area contributed by atoms with Crippen LogP contribution in [0.5, 0.6) is 17.2 Å². The lowest BCUT2D eigenvalue weighted by Crippen LogP contribution is -2.17. The number of benzene rings is 4.